The van der Waals surface area contributed by atoms with Gasteiger partial charge in [-0.05, 0) is 43.5 Å². The van der Waals surface area contributed by atoms with Crippen LogP contribution in [0.15, 0.2) is 23.3 Å². The first-order valence-corrected chi connectivity index (χ1v) is 8.27. The number of fused-ring (bicyclic) bond motifs is 3. The Kier molecular flexibility index (Phi) is 3.17. The van der Waals surface area contributed by atoms with Gasteiger partial charge >= 0.3 is 5.97 Å². The molecule has 0 aromatic heterocycles. The second-order valence-electron chi connectivity index (χ2n) is 7.49. The Morgan fingerprint density at radius 2 is 1.96 bits per heavy atom. The van der Waals surface area contributed by atoms with Gasteiger partial charge in [0.1, 0.15) is 0 Å². The van der Waals surface area contributed by atoms with Crippen LogP contribution in [0.4, 0.5) is 0 Å². The van der Waals surface area contributed by atoms with E-state index >= 15 is 0 Å². The normalized spacial score (nSPS) is 31.4. The number of ether oxygens (including phenoxy) is 3. The summed E-state index contributed by atoms with van der Waals surface area (Å²) < 4.78 is 16.1. The molecule has 2 fully saturated rings. The highest BCUT2D eigenvalue weighted by atomic mass is 16.7. The van der Waals surface area contributed by atoms with Gasteiger partial charge in [-0.3, -0.25) is 9.59 Å². The van der Waals surface area contributed by atoms with E-state index in [0.29, 0.717) is 24.3 Å². The van der Waals surface area contributed by atoms with Gasteiger partial charge in [-0.2, -0.15) is 5.10 Å². The molecule has 25 heavy (non-hydrogen) atoms. The Morgan fingerprint density at radius 1 is 1.20 bits per heavy atom. The third-order valence-electron chi connectivity index (χ3n) is 6.23. The third kappa shape index (κ3) is 1.95. The van der Waals surface area contributed by atoms with E-state index in [2.05, 4.69) is 10.5 Å². The summed E-state index contributed by atoms with van der Waals surface area (Å²) in [7, 11) is 0. The highest BCUT2D eigenvalue weighted by molar-refractivity contribution is 5.96. The highest BCUT2D eigenvalue weighted by Crippen LogP contribution is 2.65. The Labute approximate surface area is 145 Å². The quantitative estimate of drug-likeness (QED) is 0.515. The molecular formula is C18H20N2O5. The van der Waals surface area contributed by atoms with Crippen LogP contribution in [-0.2, 0) is 14.3 Å². The molecule has 0 spiro atoms. The van der Waals surface area contributed by atoms with Crippen LogP contribution in [0.1, 0.15) is 39.2 Å². The van der Waals surface area contributed by atoms with Gasteiger partial charge in [-0.25, -0.2) is 5.43 Å². The maximum Gasteiger partial charge on any atom is 0.313 e. The lowest BCUT2D eigenvalue weighted by Crippen LogP contribution is -2.52. The van der Waals surface area contributed by atoms with E-state index in [4.69, 9.17) is 14.2 Å². The summed E-state index contributed by atoms with van der Waals surface area (Å²) in [5.41, 5.74) is 0.916. The summed E-state index contributed by atoms with van der Waals surface area (Å²) in [6.45, 7) is 5.89. The smallest absolute Gasteiger partial charge is 0.313 e. The lowest BCUT2D eigenvalue weighted by molar-refractivity contribution is -0.168. The number of esters is 1. The van der Waals surface area contributed by atoms with Crippen molar-refractivity contribution in [1.82, 2.24) is 5.43 Å². The molecule has 0 unspecified atom stereocenters. The average molecular weight is 344 g/mol. The molecule has 1 aromatic rings. The molecule has 7 nitrogen and oxygen atoms in total. The Balaban J connectivity index is 1.50. The van der Waals surface area contributed by atoms with Gasteiger partial charge < -0.3 is 14.2 Å². The van der Waals surface area contributed by atoms with Crippen LogP contribution in [0.5, 0.6) is 11.5 Å². The summed E-state index contributed by atoms with van der Waals surface area (Å²) >= 11 is 0. The van der Waals surface area contributed by atoms with Crippen LogP contribution >= 0.6 is 0 Å². The highest BCUT2D eigenvalue weighted by Gasteiger charge is 2.75. The van der Waals surface area contributed by atoms with Crippen molar-refractivity contribution in [3.05, 3.63) is 23.8 Å². The number of amides is 1. The van der Waals surface area contributed by atoms with E-state index in [9.17, 15) is 9.59 Å². The van der Waals surface area contributed by atoms with Crippen molar-refractivity contribution < 1.29 is 23.8 Å². The van der Waals surface area contributed by atoms with Crippen molar-refractivity contribution in [2.24, 2.45) is 15.9 Å². The van der Waals surface area contributed by atoms with Crippen molar-refractivity contribution in [3.63, 3.8) is 0 Å². The fraction of sp³-hybridized carbons (Fsp3) is 0.500. The van der Waals surface area contributed by atoms with Gasteiger partial charge in [0.25, 0.3) is 5.91 Å². The molecule has 2 heterocycles. The molecule has 2 aliphatic heterocycles. The van der Waals surface area contributed by atoms with Crippen molar-refractivity contribution >= 4 is 18.1 Å². The minimum absolute atomic E-state index is 0.203. The van der Waals surface area contributed by atoms with Crippen LogP contribution in [0.2, 0.25) is 0 Å². The number of nitrogens with zero attached hydrogens (tertiary/aromatic N) is 1. The molecule has 1 N–H and O–H groups in total. The number of hydrazone groups is 1. The van der Waals surface area contributed by atoms with E-state index in [0.717, 1.165) is 5.56 Å². The minimum atomic E-state index is -1.16. The van der Waals surface area contributed by atoms with Crippen molar-refractivity contribution in [3.8, 4) is 11.5 Å². The lowest BCUT2D eigenvalue weighted by atomic mass is 9.66. The lowest BCUT2D eigenvalue weighted by Gasteiger charge is -2.34. The fourth-order valence-corrected chi connectivity index (χ4v) is 4.00. The predicted molar refractivity (Wildman–Crippen MR) is 88.2 cm³/mol. The molecule has 0 radical (unpaired) electrons. The second-order valence-corrected chi connectivity index (χ2v) is 7.49. The number of carbonyl (C=O) groups is 2. The van der Waals surface area contributed by atoms with Gasteiger partial charge in [0, 0.05) is 5.41 Å². The molecule has 1 aromatic carbocycles. The van der Waals surface area contributed by atoms with Crippen LogP contribution in [0, 0.1) is 10.8 Å². The second kappa shape index (κ2) is 4.97. The first-order valence-electron chi connectivity index (χ1n) is 8.27. The van der Waals surface area contributed by atoms with Gasteiger partial charge in [0.15, 0.2) is 17.1 Å². The van der Waals surface area contributed by atoms with Crippen molar-refractivity contribution in [2.45, 2.75) is 39.2 Å². The average Bonchev–Trinajstić information content (AvgIpc) is 3.15. The predicted octanol–water partition coefficient (Wildman–Crippen LogP) is 1.99. The molecule has 2 bridgehead atoms. The summed E-state index contributed by atoms with van der Waals surface area (Å²) in [5, 5.41) is 4.02. The zero-order chi connectivity index (χ0) is 17.9. The summed E-state index contributed by atoms with van der Waals surface area (Å²) in [6, 6.07) is 5.38. The number of benzene rings is 1. The summed E-state index contributed by atoms with van der Waals surface area (Å²) in [4.78, 5) is 25.0. The SMILES string of the molecule is CC1(C)[C@@]2(C)CC[C@@]1(C(=O)N/N=C\c1ccc3c(c1)OCO3)OC2=O. The topological polar surface area (TPSA) is 86.2 Å². The van der Waals surface area contributed by atoms with Gasteiger partial charge in [-0.15, -0.1) is 0 Å². The third-order valence-corrected chi connectivity index (χ3v) is 6.23. The number of rotatable bonds is 3. The number of nitrogens with one attached hydrogen (secondary N) is 1. The Bertz CT molecular complexity index is 803. The summed E-state index contributed by atoms with van der Waals surface area (Å²) in [6.07, 6.45) is 2.67. The van der Waals surface area contributed by atoms with Crippen molar-refractivity contribution in [1.29, 1.82) is 0 Å². The van der Waals surface area contributed by atoms with E-state index in [1.807, 2.05) is 26.8 Å². The minimum Gasteiger partial charge on any atom is -0.454 e. The number of hydrogen-bond donors (Lipinski definition) is 1. The molecule has 1 aliphatic carbocycles. The molecule has 1 amide bonds. The van der Waals surface area contributed by atoms with E-state index in [1.165, 1.54) is 6.21 Å². The van der Waals surface area contributed by atoms with Crippen LogP contribution in [0.3, 0.4) is 0 Å². The van der Waals surface area contributed by atoms with Crippen LogP contribution < -0.4 is 14.9 Å². The zero-order valence-electron chi connectivity index (χ0n) is 14.4. The maximum absolute atomic E-state index is 12.8. The monoisotopic (exact) mass is 344 g/mol. The standard InChI is InChI=1S/C18H20N2O5/c1-16(2)17(3)6-7-18(16,25-15(17)22)14(21)20-19-9-11-4-5-12-13(8-11)24-10-23-12/h4-5,8-9H,6-7,10H2,1-3H3,(H,20,21)/b19-9-/t17-,18-/m0/s1. The van der Waals surface area contributed by atoms with Gasteiger partial charge in [0.2, 0.25) is 6.79 Å². The van der Waals surface area contributed by atoms with Gasteiger partial charge in [-0.1, -0.05) is 13.8 Å². The molecular weight excluding hydrogens is 324 g/mol. The Hall–Kier alpha value is -2.57. The molecule has 2 atom stereocenters. The van der Waals surface area contributed by atoms with E-state index < -0.39 is 16.4 Å². The molecule has 7 heteroatoms. The molecule has 1 saturated heterocycles. The molecule has 132 valence electrons. The molecule has 4 rings (SSSR count). The van der Waals surface area contributed by atoms with E-state index in [-0.39, 0.29) is 18.7 Å². The number of carbonyl (C=O) groups excluding carboxylic acids is 2. The van der Waals surface area contributed by atoms with Crippen molar-refractivity contribution in [2.75, 3.05) is 6.79 Å². The first-order chi connectivity index (χ1) is 11.8. The molecule has 1 saturated carbocycles. The largest absolute Gasteiger partial charge is 0.454 e. The zero-order valence-corrected chi connectivity index (χ0v) is 14.4. The maximum atomic E-state index is 12.8. The summed E-state index contributed by atoms with van der Waals surface area (Å²) in [5.74, 6) is 0.638. The first kappa shape index (κ1) is 15.9. The van der Waals surface area contributed by atoms with Crippen LogP contribution in [-0.4, -0.2) is 30.5 Å². The van der Waals surface area contributed by atoms with Crippen LogP contribution in [0.25, 0.3) is 0 Å². The molecule has 3 aliphatic rings. The van der Waals surface area contributed by atoms with E-state index in [1.54, 1.807) is 12.1 Å². The number of hydrogen-bond acceptors (Lipinski definition) is 6. The fourth-order valence-electron chi connectivity index (χ4n) is 4.00. The van der Waals surface area contributed by atoms with Gasteiger partial charge in [0.05, 0.1) is 11.6 Å². The Morgan fingerprint density at radius 3 is 2.64 bits per heavy atom.